The molecule has 0 N–H and O–H groups in total. The van der Waals surface area contributed by atoms with Gasteiger partial charge in [0.1, 0.15) is 0 Å². The van der Waals surface area contributed by atoms with E-state index in [4.69, 9.17) is 0 Å². The van der Waals surface area contributed by atoms with Gasteiger partial charge < -0.3 is 4.90 Å². The Bertz CT molecular complexity index is 486. The van der Waals surface area contributed by atoms with Crippen LogP contribution in [0.2, 0.25) is 0 Å². The minimum atomic E-state index is -3.17. The Morgan fingerprint density at radius 1 is 1.26 bits per heavy atom. The Kier molecular flexibility index (Phi) is 3.13. The van der Waals surface area contributed by atoms with Gasteiger partial charge in [0.15, 0.2) is 0 Å². The van der Waals surface area contributed by atoms with Gasteiger partial charge in [-0.2, -0.15) is 0 Å². The van der Waals surface area contributed by atoms with E-state index in [0.717, 1.165) is 25.9 Å². The summed E-state index contributed by atoms with van der Waals surface area (Å²) in [6, 6.07) is 0. The van der Waals surface area contributed by atoms with Gasteiger partial charge in [0.25, 0.3) is 0 Å². The van der Waals surface area contributed by atoms with Crippen molar-refractivity contribution < 1.29 is 13.2 Å². The molecule has 0 radical (unpaired) electrons. The van der Waals surface area contributed by atoms with Gasteiger partial charge in [-0.15, -0.1) is 0 Å². The molecule has 108 valence electrons. The quantitative estimate of drug-likeness (QED) is 0.766. The van der Waals surface area contributed by atoms with Crippen LogP contribution in [0.25, 0.3) is 0 Å². The van der Waals surface area contributed by atoms with E-state index < -0.39 is 15.4 Å². The predicted molar refractivity (Wildman–Crippen MR) is 72.0 cm³/mol. The van der Waals surface area contributed by atoms with Crippen molar-refractivity contribution in [2.75, 3.05) is 32.4 Å². The van der Waals surface area contributed by atoms with Crippen molar-refractivity contribution in [3.63, 3.8) is 0 Å². The summed E-state index contributed by atoms with van der Waals surface area (Å²) in [5.41, 5.74) is -0.420. The predicted octanol–water partition coefficient (Wildman–Crippen LogP) is 0.671. The van der Waals surface area contributed by atoms with Crippen LogP contribution in [0.1, 0.15) is 32.1 Å². The van der Waals surface area contributed by atoms with Gasteiger partial charge in [0, 0.05) is 26.2 Å². The average molecular weight is 286 g/mol. The third-order valence-electron chi connectivity index (χ3n) is 4.79. The van der Waals surface area contributed by atoms with Crippen LogP contribution < -0.4 is 0 Å². The molecule has 3 fully saturated rings. The lowest BCUT2D eigenvalue weighted by Gasteiger charge is -2.39. The molecule has 2 aliphatic heterocycles. The number of piperidine rings is 1. The molecular weight excluding hydrogens is 264 g/mol. The van der Waals surface area contributed by atoms with Crippen LogP contribution in [-0.4, -0.2) is 56.0 Å². The lowest BCUT2D eigenvalue weighted by atomic mass is 9.78. The summed E-state index contributed by atoms with van der Waals surface area (Å²) in [5.74, 6) is 0.906. The molecule has 2 heterocycles. The van der Waals surface area contributed by atoms with Crippen molar-refractivity contribution in [2.24, 2.45) is 11.3 Å². The number of amides is 1. The highest BCUT2D eigenvalue weighted by Gasteiger charge is 2.50. The molecule has 0 aromatic heterocycles. The van der Waals surface area contributed by atoms with Crippen molar-refractivity contribution >= 4 is 15.9 Å². The number of carbonyl (C=O) groups is 1. The molecule has 1 unspecified atom stereocenters. The Morgan fingerprint density at radius 2 is 2.00 bits per heavy atom. The lowest BCUT2D eigenvalue weighted by molar-refractivity contribution is -0.145. The first-order chi connectivity index (χ1) is 8.91. The van der Waals surface area contributed by atoms with Crippen molar-refractivity contribution in [1.82, 2.24) is 9.21 Å². The molecule has 0 bridgehead atoms. The normalized spacial score (nSPS) is 33.3. The SMILES string of the molecule is CS(=O)(=O)N1CCC2(CCCN(CC3CC3)C2=O)C1. The molecule has 0 aromatic rings. The number of nitrogens with zero attached hydrogens (tertiary/aromatic N) is 2. The minimum absolute atomic E-state index is 0.205. The van der Waals surface area contributed by atoms with E-state index in [2.05, 4.69) is 0 Å². The topological polar surface area (TPSA) is 57.7 Å². The zero-order valence-electron chi connectivity index (χ0n) is 11.5. The van der Waals surface area contributed by atoms with E-state index in [-0.39, 0.29) is 5.91 Å². The zero-order chi connectivity index (χ0) is 13.7. The van der Waals surface area contributed by atoms with E-state index in [1.165, 1.54) is 23.4 Å². The molecule has 3 rings (SSSR count). The molecule has 1 saturated carbocycles. The molecule has 0 aromatic carbocycles. The van der Waals surface area contributed by atoms with Gasteiger partial charge in [0.2, 0.25) is 15.9 Å². The summed E-state index contributed by atoms with van der Waals surface area (Å²) in [6.45, 7) is 2.64. The smallest absolute Gasteiger partial charge is 0.230 e. The monoisotopic (exact) mass is 286 g/mol. The van der Waals surface area contributed by atoms with Gasteiger partial charge in [-0.25, -0.2) is 12.7 Å². The second-order valence-electron chi connectivity index (χ2n) is 6.42. The van der Waals surface area contributed by atoms with Gasteiger partial charge in [-0.3, -0.25) is 4.79 Å². The molecule has 1 aliphatic carbocycles. The molecule has 19 heavy (non-hydrogen) atoms. The van der Waals surface area contributed by atoms with Crippen LogP contribution >= 0.6 is 0 Å². The van der Waals surface area contributed by atoms with E-state index in [9.17, 15) is 13.2 Å². The van der Waals surface area contributed by atoms with Gasteiger partial charge in [0.05, 0.1) is 11.7 Å². The number of likely N-dealkylation sites (tertiary alicyclic amines) is 1. The third-order valence-corrected chi connectivity index (χ3v) is 6.04. The number of carbonyl (C=O) groups excluding carboxylic acids is 1. The third kappa shape index (κ3) is 2.52. The molecule has 2 saturated heterocycles. The molecular formula is C13H22N2O3S. The highest BCUT2D eigenvalue weighted by atomic mass is 32.2. The minimum Gasteiger partial charge on any atom is -0.342 e. The Hall–Kier alpha value is -0.620. The fourth-order valence-corrected chi connectivity index (χ4v) is 4.34. The second kappa shape index (κ2) is 4.45. The summed E-state index contributed by atoms with van der Waals surface area (Å²) in [5, 5.41) is 0. The highest BCUT2D eigenvalue weighted by Crippen LogP contribution is 2.42. The van der Waals surface area contributed by atoms with Crippen molar-refractivity contribution in [2.45, 2.75) is 32.1 Å². The first kappa shape index (κ1) is 13.4. The number of hydrogen-bond acceptors (Lipinski definition) is 3. The molecule has 1 amide bonds. The number of rotatable bonds is 3. The number of sulfonamides is 1. The van der Waals surface area contributed by atoms with E-state index in [0.29, 0.717) is 25.4 Å². The van der Waals surface area contributed by atoms with Gasteiger partial charge in [-0.1, -0.05) is 0 Å². The highest BCUT2D eigenvalue weighted by molar-refractivity contribution is 7.88. The summed E-state index contributed by atoms with van der Waals surface area (Å²) >= 11 is 0. The molecule has 6 heteroatoms. The van der Waals surface area contributed by atoms with Crippen molar-refractivity contribution in [3.8, 4) is 0 Å². The number of hydrogen-bond donors (Lipinski definition) is 0. The molecule has 1 atom stereocenters. The van der Waals surface area contributed by atoms with Crippen LogP contribution in [0.4, 0.5) is 0 Å². The summed E-state index contributed by atoms with van der Waals surface area (Å²) < 4.78 is 24.8. The summed E-state index contributed by atoms with van der Waals surface area (Å²) in [6.07, 6.45) is 6.27. The first-order valence-corrected chi connectivity index (χ1v) is 9.00. The average Bonchev–Trinajstić information content (AvgIpc) is 3.02. The molecule has 1 spiro atoms. The zero-order valence-corrected chi connectivity index (χ0v) is 12.3. The fourth-order valence-electron chi connectivity index (χ4n) is 3.43. The standard InChI is InChI=1S/C13H22N2O3S/c1-19(17,18)15-8-6-13(10-15)5-2-7-14(12(13)16)9-11-3-4-11/h11H,2-10H2,1H3. The Morgan fingerprint density at radius 3 is 2.58 bits per heavy atom. The van der Waals surface area contributed by atoms with Gasteiger partial charge >= 0.3 is 0 Å². The van der Waals surface area contributed by atoms with Crippen molar-refractivity contribution in [1.29, 1.82) is 0 Å². The van der Waals surface area contributed by atoms with Crippen LogP contribution in [0, 0.1) is 11.3 Å². The second-order valence-corrected chi connectivity index (χ2v) is 8.41. The fraction of sp³-hybridized carbons (Fsp3) is 0.923. The largest absolute Gasteiger partial charge is 0.342 e. The maximum absolute atomic E-state index is 12.7. The summed E-state index contributed by atoms with van der Waals surface area (Å²) in [4.78, 5) is 14.7. The molecule has 5 nitrogen and oxygen atoms in total. The summed E-state index contributed by atoms with van der Waals surface area (Å²) in [7, 11) is -3.17. The van der Waals surface area contributed by atoms with Crippen LogP contribution in [0.3, 0.4) is 0 Å². The lowest BCUT2D eigenvalue weighted by Crippen LogP contribution is -2.50. The maximum Gasteiger partial charge on any atom is 0.230 e. The van der Waals surface area contributed by atoms with Crippen LogP contribution in [0.5, 0.6) is 0 Å². The van der Waals surface area contributed by atoms with Crippen LogP contribution in [0.15, 0.2) is 0 Å². The first-order valence-electron chi connectivity index (χ1n) is 7.15. The van der Waals surface area contributed by atoms with Crippen LogP contribution in [-0.2, 0) is 14.8 Å². The van der Waals surface area contributed by atoms with E-state index in [1.807, 2.05) is 4.90 Å². The van der Waals surface area contributed by atoms with Gasteiger partial charge in [-0.05, 0) is 38.0 Å². The van der Waals surface area contributed by atoms with E-state index in [1.54, 1.807) is 0 Å². The van der Waals surface area contributed by atoms with Crippen molar-refractivity contribution in [3.05, 3.63) is 0 Å². The van der Waals surface area contributed by atoms with E-state index >= 15 is 0 Å². The maximum atomic E-state index is 12.7. The Labute approximate surface area is 115 Å². The molecule has 3 aliphatic rings. The Balaban J connectivity index is 1.74.